The van der Waals surface area contributed by atoms with Crippen molar-refractivity contribution < 1.29 is 9.68 Å². The molecule has 76 valence electrons. The van der Waals surface area contributed by atoms with Crippen molar-refractivity contribution in [3.05, 3.63) is 25.3 Å². The molecule has 0 aromatic heterocycles. The monoisotopic (exact) mass is 185 g/mol. The molecule has 0 aliphatic carbocycles. The van der Waals surface area contributed by atoms with E-state index in [2.05, 4.69) is 20.1 Å². The lowest BCUT2D eigenvalue weighted by molar-refractivity contribution is -0.359. The smallest absolute Gasteiger partial charge is 0.0890 e. The molecule has 0 fully saturated rings. The summed E-state index contributed by atoms with van der Waals surface area (Å²) in [7, 11) is 0. The van der Waals surface area contributed by atoms with Gasteiger partial charge >= 0.3 is 0 Å². The molecule has 0 N–H and O–H groups in total. The number of unbranched alkanes of at least 4 members (excludes halogenated alkanes) is 1. The Morgan fingerprint density at radius 2 is 1.69 bits per heavy atom. The molecule has 0 aromatic rings. The summed E-state index contributed by atoms with van der Waals surface area (Å²) in [5.41, 5.74) is 0. The summed E-state index contributed by atoms with van der Waals surface area (Å²) in [6.07, 6.45) is 5.55. The normalized spacial score (nSPS) is 10.3. The average molecular weight is 185 g/mol. The van der Waals surface area contributed by atoms with Crippen molar-refractivity contribution in [2.24, 2.45) is 0 Å². The van der Waals surface area contributed by atoms with Crippen LogP contribution < -0.4 is 0 Å². The lowest BCUT2D eigenvalue weighted by atomic mass is 10.3. The van der Waals surface area contributed by atoms with E-state index in [1.165, 1.54) is 5.23 Å². The van der Waals surface area contributed by atoms with Gasteiger partial charge < -0.3 is 0 Å². The SMILES string of the molecule is C=CCON(CCCC)OCC=C. The predicted molar refractivity (Wildman–Crippen MR) is 53.9 cm³/mol. The van der Waals surface area contributed by atoms with Gasteiger partial charge in [-0.15, -0.1) is 13.2 Å². The van der Waals surface area contributed by atoms with Crippen LogP contribution in [0, 0.1) is 0 Å². The average Bonchev–Trinajstić information content (AvgIpc) is 2.17. The second-order valence-electron chi connectivity index (χ2n) is 2.58. The van der Waals surface area contributed by atoms with Crippen LogP contribution in [0.15, 0.2) is 25.3 Å². The molecule has 0 radical (unpaired) electrons. The van der Waals surface area contributed by atoms with E-state index in [1.54, 1.807) is 12.2 Å². The van der Waals surface area contributed by atoms with Gasteiger partial charge in [-0.2, -0.15) is 0 Å². The number of hydrogen-bond acceptors (Lipinski definition) is 3. The van der Waals surface area contributed by atoms with E-state index in [0.717, 1.165) is 19.4 Å². The molecule has 0 spiro atoms. The van der Waals surface area contributed by atoms with Gasteiger partial charge in [0.15, 0.2) is 0 Å². The molecule has 13 heavy (non-hydrogen) atoms. The summed E-state index contributed by atoms with van der Waals surface area (Å²) in [4.78, 5) is 10.5. The van der Waals surface area contributed by atoms with Crippen LogP contribution in [0.5, 0.6) is 0 Å². The predicted octanol–water partition coefficient (Wildman–Crippen LogP) is 2.32. The Balaban J connectivity index is 3.58. The van der Waals surface area contributed by atoms with Crippen molar-refractivity contribution in [1.29, 1.82) is 0 Å². The molecule has 0 amide bonds. The molecule has 0 saturated carbocycles. The summed E-state index contributed by atoms with van der Waals surface area (Å²) in [6.45, 7) is 11.0. The molecule has 0 atom stereocenters. The van der Waals surface area contributed by atoms with Crippen LogP contribution in [0.2, 0.25) is 0 Å². The Hall–Kier alpha value is -0.640. The fourth-order valence-electron chi connectivity index (χ4n) is 0.725. The molecule has 0 rings (SSSR count). The zero-order chi connectivity index (χ0) is 9.94. The zero-order valence-electron chi connectivity index (χ0n) is 8.37. The first-order chi connectivity index (χ1) is 6.35. The summed E-state index contributed by atoms with van der Waals surface area (Å²) in [5, 5.41) is 1.49. The number of hydrogen-bond donors (Lipinski definition) is 0. The minimum absolute atomic E-state index is 0.473. The molecule has 0 bridgehead atoms. The highest BCUT2D eigenvalue weighted by molar-refractivity contribution is 4.64. The quantitative estimate of drug-likeness (QED) is 0.406. The first-order valence-corrected chi connectivity index (χ1v) is 4.60. The van der Waals surface area contributed by atoms with Gasteiger partial charge in [-0.25, -0.2) is 0 Å². The molecule has 0 aromatic carbocycles. The molecule has 0 unspecified atom stereocenters. The van der Waals surface area contributed by atoms with E-state index in [9.17, 15) is 0 Å². The zero-order valence-corrected chi connectivity index (χ0v) is 8.37. The van der Waals surface area contributed by atoms with Crippen LogP contribution in [0.3, 0.4) is 0 Å². The standard InChI is InChI=1S/C10H19NO2/c1-4-7-8-11(12-9-5-2)13-10-6-3/h5-6H,2-4,7-10H2,1H3. The van der Waals surface area contributed by atoms with Crippen molar-refractivity contribution >= 4 is 0 Å². The Morgan fingerprint density at radius 1 is 1.15 bits per heavy atom. The van der Waals surface area contributed by atoms with E-state index < -0.39 is 0 Å². The largest absolute Gasteiger partial charge is 0.270 e. The van der Waals surface area contributed by atoms with Crippen LogP contribution in [-0.2, 0) is 9.68 Å². The van der Waals surface area contributed by atoms with Crippen LogP contribution >= 0.6 is 0 Å². The highest BCUT2D eigenvalue weighted by atomic mass is 16.9. The summed E-state index contributed by atoms with van der Waals surface area (Å²) < 4.78 is 0. The number of rotatable bonds is 9. The van der Waals surface area contributed by atoms with Crippen LogP contribution in [0.1, 0.15) is 19.8 Å². The number of hydroxylamine groups is 2. The third kappa shape index (κ3) is 7.71. The van der Waals surface area contributed by atoms with Gasteiger partial charge in [-0.1, -0.05) is 30.7 Å². The first-order valence-electron chi connectivity index (χ1n) is 4.60. The maximum atomic E-state index is 5.24. The van der Waals surface area contributed by atoms with Crippen molar-refractivity contribution in [2.75, 3.05) is 19.8 Å². The maximum Gasteiger partial charge on any atom is 0.0890 e. The molecular formula is C10H19NO2. The van der Waals surface area contributed by atoms with E-state index >= 15 is 0 Å². The highest BCUT2D eigenvalue weighted by Crippen LogP contribution is 1.97. The summed E-state index contributed by atoms with van der Waals surface area (Å²) in [6, 6.07) is 0. The van der Waals surface area contributed by atoms with Gasteiger partial charge in [0.05, 0.1) is 19.8 Å². The molecule has 0 aliphatic rings. The highest BCUT2D eigenvalue weighted by Gasteiger charge is 2.02. The molecule has 3 heteroatoms. The van der Waals surface area contributed by atoms with E-state index in [-0.39, 0.29) is 0 Å². The summed E-state index contributed by atoms with van der Waals surface area (Å²) >= 11 is 0. The fraction of sp³-hybridized carbons (Fsp3) is 0.600. The topological polar surface area (TPSA) is 21.7 Å². The van der Waals surface area contributed by atoms with E-state index in [1.807, 2.05) is 0 Å². The minimum Gasteiger partial charge on any atom is -0.270 e. The van der Waals surface area contributed by atoms with E-state index in [4.69, 9.17) is 9.68 Å². The third-order valence-corrected chi connectivity index (χ3v) is 1.37. The lowest BCUT2D eigenvalue weighted by Gasteiger charge is -2.18. The van der Waals surface area contributed by atoms with Gasteiger partial charge in [0.1, 0.15) is 0 Å². The van der Waals surface area contributed by atoms with Gasteiger partial charge in [-0.3, -0.25) is 9.68 Å². The van der Waals surface area contributed by atoms with Crippen LogP contribution in [-0.4, -0.2) is 25.0 Å². The molecule has 3 nitrogen and oxygen atoms in total. The van der Waals surface area contributed by atoms with Crippen molar-refractivity contribution in [3.8, 4) is 0 Å². The van der Waals surface area contributed by atoms with Crippen LogP contribution in [0.4, 0.5) is 0 Å². The maximum absolute atomic E-state index is 5.24. The Morgan fingerprint density at radius 3 is 2.08 bits per heavy atom. The second kappa shape index (κ2) is 9.45. The Labute approximate surface area is 80.5 Å². The Bertz CT molecular complexity index is 125. The van der Waals surface area contributed by atoms with E-state index in [0.29, 0.717) is 13.2 Å². The molecule has 0 heterocycles. The van der Waals surface area contributed by atoms with Crippen molar-refractivity contribution in [2.45, 2.75) is 19.8 Å². The fourth-order valence-corrected chi connectivity index (χ4v) is 0.725. The first kappa shape index (κ1) is 12.4. The van der Waals surface area contributed by atoms with Crippen LogP contribution in [0.25, 0.3) is 0 Å². The van der Waals surface area contributed by atoms with Crippen molar-refractivity contribution in [1.82, 2.24) is 5.23 Å². The minimum atomic E-state index is 0.473. The Kier molecular flexibility index (Phi) is 8.98. The molecule has 0 aliphatic heterocycles. The van der Waals surface area contributed by atoms with Crippen molar-refractivity contribution in [3.63, 3.8) is 0 Å². The molecule has 0 saturated heterocycles. The lowest BCUT2D eigenvalue weighted by Crippen LogP contribution is -2.25. The van der Waals surface area contributed by atoms with Gasteiger partial charge in [0, 0.05) is 0 Å². The molecular weight excluding hydrogens is 166 g/mol. The number of nitrogens with zero attached hydrogens (tertiary/aromatic N) is 1. The second-order valence-corrected chi connectivity index (χ2v) is 2.58. The summed E-state index contributed by atoms with van der Waals surface area (Å²) in [5.74, 6) is 0. The third-order valence-electron chi connectivity index (χ3n) is 1.37. The van der Waals surface area contributed by atoms with Gasteiger partial charge in [0.2, 0.25) is 0 Å². The van der Waals surface area contributed by atoms with Gasteiger partial charge in [0.25, 0.3) is 0 Å². The van der Waals surface area contributed by atoms with Gasteiger partial charge in [-0.05, 0) is 6.42 Å².